The molecule has 0 aromatic heterocycles. The largest absolute Gasteiger partial charge is 0.325 e. The van der Waals surface area contributed by atoms with Gasteiger partial charge in [-0.2, -0.15) is 0 Å². The molecule has 0 spiro atoms. The quantitative estimate of drug-likeness (QED) is 0.817. The Morgan fingerprint density at radius 1 is 1.24 bits per heavy atom. The van der Waals surface area contributed by atoms with Gasteiger partial charge in [0.2, 0.25) is 5.91 Å². The lowest BCUT2D eigenvalue weighted by molar-refractivity contribution is -0.131. The van der Waals surface area contributed by atoms with Crippen LogP contribution in [-0.4, -0.2) is 54.1 Å². The minimum Gasteiger partial charge on any atom is -0.325 e. The number of nitrogens with one attached hydrogen (secondary N) is 1. The van der Waals surface area contributed by atoms with E-state index >= 15 is 0 Å². The molecule has 0 aromatic rings. The Labute approximate surface area is 130 Å². The fraction of sp³-hybridized carbons (Fsp3) is 0.941. The average molecular weight is 295 g/mol. The average Bonchev–Trinajstić information content (AvgIpc) is 2.78. The highest BCUT2D eigenvalue weighted by atomic mass is 16.2. The Balaban J connectivity index is 1.94. The molecule has 2 aliphatic rings. The van der Waals surface area contributed by atoms with Crippen LogP contribution in [0.2, 0.25) is 0 Å². The summed E-state index contributed by atoms with van der Waals surface area (Å²) in [6.07, 6.45) is 4.74. The van der Waals surface area contributed by atoms with Crippen molar-refractivity contribution in [2.75, 3.05) is 26.2 Å². The summed E-state index contributed by atoms with van der Waals surface area (Å²) in [7, 11) is 0. The predicted molar refractivity (Wildman–Crippen MR) is 87.0 cm³/mol. The molecule has 1 N–H and O–H groups in total. The number of amides is 1. The predicted octanol–water partition coefficient (Wildman–Crippen LogP) is 2.30. The van der Waals surface area contributed by atoms with Crippen LogP contribution >= 0.6 is 0 Å². The maximum Gasteiger partial charge on any atom is 0.241 e. The second-order valence-corrected chi connectivity index (χ2v) is 7.07. The van der Waals surface area contributed by atoms with Crippen molar-refractivity contribution in [3.63, 3.8) is 0 Å². The third kappa shape index (κ3) is 3.98. The number of hydrogen-bond donors (Lipinski definition) is 1. The topological polar surface area (TPSA) is 35.6 Å². The maximum atomic E-state index is 12.7. The molecule has 0 bridgehead atoms. The Morgan fingerprint density at radius 2 is 1.90 bits per heavy atom. The first-order chi connectivity index (χ1) is 10.1. The molecule has 1 amide bonds. The van der Waals surface area contributed by atoms with Crippen molar-refractivity contribution in [2.45, 2.75) is 65.6 Å². The molecule has 2 fully saturated rings. The molecule has 0 aliphatic carbocycles. The van der Waals surface area contributed by atoms with Gasteiger partial charge in [0.1, 0.15) is 0 Å². The number of carbonyl (C=O) groups excluding carboxylic acids is 1. The van der Waals surface area contributed by atoms with E-state index < -0.39 is 0 Å². The van der Waals surface area contributed by atoms with Crippen molar-refractivity contribution in [3.8, 4) is 0 Å². The van der Waals surface area contributed by atoms with Crippen molar-refractivity contribution in [2.24, 2.45) is 11.8 Å². The van der Waals surface area contributed by atoms with Crippen molar-refractivity contribution < 1.29 is 4.79 Å². The first-order valence-electron chi connectivity index (χ1n) is 8.85. The molecule has 4 nitrogen and oxygen atoms in total. The van der Waals surface area contributed by atoms with Crippen LogP contribution in [-0.2, 0) is 4.79 Å². The first kappa shape index (κ1) is 16.8. The number of piperidine rings is 1. The lowest BCUT2D eigenvalue weighted by Crippen LogP contribution is -2.45. The molecular weight excluding hydrogens is 262 g/mol. The molecule has 0 aromatic carbocycles. The van der Waals surface area contributed by atoms with Crippen LogP contribution in [0.5, 0.6) is 0 Å². The number of likely N-dealkylation sites (tertiary alicyclic amines) is 1. The van der Waals surface area contributed by atoms with Gasteiger partial charge in [-0.05, 0) is 50.7 Å². The summed E-state index contributed by atoms with van der Waals surface area (Å²) in [4.78, 5) is 17.3. The molecule has 2 aliphatic heterocycles. The van der Waals surface area contributed by atoms with E-state index in [1.165, 1.54) is 25.9 Å². The van der Waals surface area contributed by atoms with E-state index in [2.05, 4.69) is 42.8 Å². The van der Waals surface area contributed by atoms with Crippen molar-refractivity contribution in [1.29, 1.82) is 0 Å². The molecule has 2 saturated heterocycles. The zero-order chi connectivity index (χ0) is 15.4. The summed E-state index contributed by atoms with van der Waals surface area (Å²) < 4.78 is 0. The standard InChI is InChI=1S/C17H33N3O/c1-5-7-15-17(21)20(16(18-15)13(3)4)12-14-8-10-19(6-2)11-9-14/h13-16,18H,5-12H2,1-4H3. The molecular formula is C17H33N3O. The second kappa shape index (κ2) is 7.59. The van der Waals surface area contributed by atoms with Gasteiger partial charge in [-0.25, -0.2) is 0 Å². The van der Waals surface area contributed by atoms with Gasteiger partial charge in [-0.1, -0.05) is 34.1 Å². The van der Waals surface area contributed by atoms with Crippen molar-refractivity contribution >= 4 is 5.91 Å². The van der Waals surface area contributed by atoms with Crippen LogP contribution in [0.15, 0.2) is 0 Å². The number of nitrogens with zero attached hydrogens (tertiary/aromatic N) is 2. The lowest BCUT2D eigenvalue weighted by Gasteiger charge is -2.35. The van der Waals surface area contributed by atoms with E-state index in [4.69, 9.17) is 0 Å². The van der Waals surface area contributed by atoms with Gasteiger partial charge in [0, 0.05) is 6.54 Å². The Morgan fingerprint density at radius 3 is 2.43 bits per heavy atom. The Kier molecular flexibility index (Phi) is 6.06. The monoisotopic (exact) mass is 295 g/mol. The van der Waals surface area contributed by atoms with E-state index in [0.717, 1.165) is 25.9 Å². The molecule has 2 atom stereocenters. The third-order valence-corrected chi connectivity index (χ3v) is 5.11. The third-order valence-electron chi connectivity index (χ3n) is 5.11. The maximum absolute atomic E-state index is 12.7. The minimum absolute atomic E-state index is 0.0538. The van der Waals surface area contributed by atoms with Gasteiger partial charge in [0.15, 0.2) is 0 Å². The van der Waals surface area contributed by atoms with Gasteiger partial charge in [-0.3, -0.25) is 10.1 Å². The Bertz CT molecular complexity index is 337. The number of carbonyl (C=O) groups is 1. The van der Waals surface area contributed by atoms with Crippen LogP contribution in [0, 0.1) is 11.8 Å². The molecule has 122 valence electrons. The normalized spacial score (nSPS) is 28.8. The molecule has 21 heavy (non-hydrogen) atoms. The smallest absolute Gasteiger partial charge is 0.241 e. The fourth-order valence-corrected chi connectivity index (χ4v) is 3.72. The lowest BCUT2D eigenvalue weighted by atomic mass is 9.95. The summed E-state index contributed by atoms with van der Waals surface area (Å²) >= 11 is 0. The van der Waals surface area contributed by atoms with Crippen LogP contribution in [0.25, 0.3) is 0 Å². The zero-order valence-electron chi connectivity index (χ0n) is 14.3. The zero-order valence-corrected chi connectivity index (χ0v) is 14.3. The van der Waals surface area contributed by atoms with Crippen LogP contribution < -0.4 is 5.32 Å². The number of hydrogen-bond acceptors (Lipinski definition) is 3. The molecule has 2 unspecified atom stereocenters. The highest BCUT2D eigenvalue weighted by Crippen LogP contribution is 2.25. The Hall–Kier alpha value is -0.610. The summed E-state index contributed by atoms with van der Waals surface area (Å²) in [6, 6.07) is 0.0538. The van der Waals surface area contributed by atoms with E-state index in [1.54, 1.807) is 0 Å². The molecule has 4 heteroatoms. The van der Waals surface area contributed by atoms with Gasteiger partial charge in [0.05, 0.1) is 12.2 Å². The molecule has 0 saturated carbocycles. The SMILES string of the molecule is CCCC1NC(C(C)C)N(CC2CCN(CC)CC2)C1=O. The van der Waals surface area contributed by atoms with E-state index in [-0.39, 0.29) is 12.2 Å². The number of rotatable bonds is 6. The van der Waals surface area contributed by atoms with Crippen LogP contribution in [0.1, 0.15) is 53.4 Å². The van der Waals surface area contributed by atoms with Crippen molar-refractivity contribution in [3.05, 3.63) is 0 Å². The van der Waals surface area contributed by atoms with E-state index in [1.807, 2.05) is 0 Å². The second-order valence-electron chi connectivity index (χ2n) is 7.07. The first-order valence-corrected chi connectivity index (χ1v) is 8.85. The summed E-state index contributed by atoms with van der Waals surface area (Å²) in [5, 5.41) is 3.57. The molecule has 2 rings (SSSR count). The minimum atomic E-state index is 0.0538. The van der Waals surface area contributed by atoms with Crippen LogP contribution in [0.3, 0.4) is 0 Å². The van der Waals surface area contributed by atoms with Crippen LogP contribution in [0.4, 0.5) is 0 Å². The van der Waals surface area contributed by atoms with E-state index in [9.17, 15) is 4.79 Å². The van der Waals surface area contributed by atoms with Gasteiger partial charge >= 0.3 is 0 Å². The van der Waals surface area contributed by atoms with Gasteiger partial charge < -0.3 is 9.80 Å². The fourth-order valence-electron chi connectivity index (χ4n) is 3.72. The van der Waals surface area contributed by atoms with Gasteiger partial charge in [0.25, 0.3) is 0 Å². The highest BCUT2D eigenvalue weighted by Gasteiger charge is 2.40. The molecule has 0 radical (unpaired) electrons. The van der Waals surface area contributed by atoms with E-state index in [0.29, 0.717) is 17.7 Å². The van der Waals surface area contributed by atoms with Gasteiger partial charge in [-0.15, -0.1) is 0 Å². The highest BCUT2D eigenvalue weighted by molar-refractivity contribution is 5.84. The molecule has 2 heterocycles. The van der Waals surface area contributed by atoms with Crippen molar-refractivity contribution in [1.82, 2.24) is 15.1 Å². The summed E-state index contributed by atoms with van der Waals surface area (Å²) in [6.45, 7) is 13.3. The summed E-state index contributed by atoms with van der Waals surface area (Å²) in [5.74, 6) is 1.50. The summed E-state index contributed by atoms with van der Waals surface area (Å²) in [5.41, 5.74) is 0.